The first-order valence-corrected chi connectivity index (χ1v) is 6.64. The van der Waals surface area contributed by atoms with E-state index in [0.717, 1.165) is 22.4 Å². The average Bonchev–Trinajstić information content (AvgIpc) is 2.63. The number of nitrogens with two attached hydrogens (primary N) is 1. The number of nitrogens with one attached hydrogen (secondary N) is 1. The normalized spacial score (nSPS) is 14.1. The van der Waals surface area contributed by atoms with Crippen LogP contribution in [0.5, 0.6) is 0 Å². The Labute approximate surface area is 109 Å². The van der Waals surface area contributed by atoms with Crippen LogP contribution < -0.4 is 11.1 Å². The van der Waals surface area contributed by atoms with E-state index in [1.54, 1.807) is 0 Å². The molecule has 1 aromatic rings. The van der Waals surface area contributed by atoms with Crippen molar-refractivity contribution >= 4 is 29.0 Å². The second-order valence-corrected chi connectivity index (χ2v) is 5.28. The van der Waals surface area contributed by atoms with E-state index in [-0.39, 0.29) is 24.1 Å². The minimum absolute atomic E-state index is 0.103. The predicted molar refractivity (Wildman–Crippen MR) is 71.1 cm³/mol. The maximum Gasteiger partial charge on any atom is 0.261 e. The Kier molecular flexibility index (Phi) is 3.47. The van der Waals surface area contributed by atoms with Crippen LogP contribution in [-0.4, -0.2) is 24.2 Å². The number of rotatable bonds is 3. The van der Waals surface area contributed by atoms with E-state index in [4.69, 9.17) is 5.73 Å². The maximum absolute atomic E-state index is 12.0. The Hall–Kier alpha value is -1.69. The van der Waals surface area contributed by atoms with Crippen molar-refractivity contribution < 1.29 is 9.59 Å². The predicted octanol–water partition coefficient (Wildman–Crippen LogP) is 0.984. The molecule has 2 rings (SSSR count). The van der Waals surface area contributed by atoms with Crippen LogP contribution in [0.4, 0.5) is 0 Å². The smallest absolute Gasteiger partial charge is 0.261 e. The summed E-state index contributed by atoms with van der Waals surface area (Å²) in [6.07, 6.45) is 1.13. The fourth-order valence-corrected chi connectivity index (χ4v) is 3.16. The van der Waals surface area contributed by atoms with Crippen LogP contribution in [-0.2, 0) is 11.2 Å². The summed E-state index contributed by atoms with van der Waals surface area (Å²) in [5.41, 5.74) is 7.34. The third-order valence-corrected chi connectivity index (χ3v) is 4.07. The van der Waals surface area contributed by atoms with Gasteiger partial charge >= 0.3 is 0 Å². The monoisotopic (exact) mass is 265 g/mol. The third-order valence-electron chi connectivity index (χ3n) is 2.77. The van der Waals surface area contributed by atoms with Crippen LogP contribution in [0.1, 0.15) is 39.0 Å². The summed E-state index contributed by atoms with van der Waals surface area (Å²) in [5.74, 6) is -0.125. The molecule has 0 radical (unpaired) electrons. The van der Waals surface area contributed by atoms with Crippen molar-refractivity contribution in [1.29, 1.82) is 0 Å². The zero-order valence-corrected chi connectivity index (χ0v) is 11.2. The van der Waals surface area contributed by atoms with Crippen LogP contribution in [0, 0.1) is 6.92 Å². The van der Waals surface area contributed by atoms with Crippen LogP contribution in [0.2, 0.25) is 0 Å². The van der Waals surface area contributed by atoms with E-state index >= 15 is 0 Å². The molecule has 2 heterocycles. The van der Waals surface area contributed by atoms with Crippen molar-refractivity contribution in [3.8, 4) is 0 Å². The molecule has 0 bridgehead atoms. The molecule has 5 nitrogen and oxygen atoms in total. The quantitative estimate of drug-likeness (QED) is 0.854. The minimum Gasteiger partial charge on any atom is -0.383 e. The van der Waals surface area contributed by atoms with Gasteiger partial charge in [-0.25, -0.2) is 0 Å². The molecule has 0 saturated carbocycles. The first-order chi connectivity index (χ1) is 8.54. The Morgan fingerprint density at radius 1 is 1.56 bits per heavy atom. The lowest BCUT2D eigenvalue weighted by molar-refractivity contribution is -0.117. The number of carbonyl (C=O) groups excluding carboxylic acids is 2. The summed E-state index contributed by atoms with van der Waals surface area (Å²) in [7, 11) is 0. The molecule has 0 unspecified atom stereocenters. The van der Waals surface area contributed by atoms with Crippen molar-refractivity contribution in [3.05, 3.63) is 20.9 Å². The molecule has 18 heavy (non-hydrogen) atoms. The highest BCUT2D eigenvalue weighted by Gasteiger charge is 2.26. The zero-order valence-electron chi connectivity index (χ0n) is 10.4. The third kappa shape index (κ3) is 2.15. The fraction of sp³-hybridized carbons (Fsp3) is 0.417. The molecule has 96 valence electrons. The molecule has 0 aliphatic carbocycles. The highest BCUT2D eigenvalue weighted by atomic mass is 32.1. The van der Waals surface area contributed by atoms with E-state index in [0.29, 0.717) is 11.4 Å². The van der Waals surface area contributed by atoms with Gasteiger partial charge in [0.25, 0.3) is 11.8 Å². The lowest BCUT2D eigenvalue weighted by Crippen LogP contribution is -2.25. The van der Waals surface area contributed by atoms with Crippen molar-refractivity contribution in [2.45, 2.75) is 26.7 Å². The van der Waals surface area contributed by atoms with E-state index in [2.05, 4.69) is 10.3 Å². The van der Waals surface area contributed by atoms with Gasteiger partial charge in [0.2, 0.25) is 0 Å². The van der Waals surface area contributed by atoms with Crippen LogP contribution >= 0.6 is 11.3 Å². The molecular weight excluding hydrogens is 250 g/mol. The molecule has 0 saturated heterocycles. The van der Waals surface area contributed by atoms with Gasteiger partial charge in [-0.3, -0.25) is 9.59 Å². The van der Waals surface area contributed by atoms with Gasteiger partial charge in [0.15, 0.2) is 0 Å². The van der Waals surface area contributed by atoms with Gasteiger partial charge in [0.05, 0.1) is 11.3 Å². The highest BCUT2D eigenvalue weighted by Crippen LogP contribution is 2.30. The van der Waals surface area contributed by atoms with Gasteiger partial charge in [-0.15, -0.1) is 11.3 Å². The number of carbonyl (C=O) groups is 2. The summed E-state index contributed by atoms with van der Waals surface area (Å²) >= 11 is 1.33. The first kappa shape index (κ1) is 12.8. The van der Waals surface area contributed by atoms with Crippen molar-refractivity contribution in [2.24, 2.45) is 10.7 Å². The largest absolute Gasteiger partial charge is 0.383 e. The Morgan fingerprint density at radius 3 is 2.94 bits per heavy atom. The summed E-state index contributed by atoms with van der Waals surface area (Å²) in [6.45, 7) is 4.48. The van der Waals surface area contributed by atoms with Crippen LogP contribution in [0.15, 0.2) is 4.99 Å². The molecule has 6 heteroatoms. The number of amides is 2. The highest BCUT2D eigenvalue weighted by molar-refractivity contribution is 7.14. The molecule has 1 aliphatic heterocycles. The lowest BCUT2D eigenvalue weighted by atomic mass is 10.0. The van der Waals surface area contributed by atoms with Crippen molar-refractivity contribution in [1.82, 2.24) is 5.32 Å². The standard InChI is InChI=1S/C12H15N3O2S/c1-3-4-14-12(17)10-6(2)9-7(18-10)5-8(16)15-11(9)13/h3-5H2,1-2H3,(H,14,17)(H2,13,15,16). The molecule has 0 fully saturated rings. The Balaban J connectivity index is 2.37. The minimum atomic E-state index is -0.248. The molecule has 2 amide bonds. The second-order valence-electron chi connectivity index (χ2n) is 4.18. The van der Waals surface area contributed by atoms with Crippen LogP contribution in [0.3, 0.4) is 0 Å². The number of fused-ring (bicyclic) bond motifs is 1. The van der Waals surface area contributed by atoms with Crippen LogP contribution in [0.25, 0.3) is 0 Å². The number of amidine groups is 1. The summed E-state index contributed by atoms with van der Waals surface area (Å²) in [5, 5.41) is 2.83. The molecule has 1 aliphatic rings. The van der Waals surface area contributed by atoms with Crippen molar-refractivity contribution in [2.75, 3.05) is 6.54 Å². The Morgan fingerprint density at radius 2 is 2.28 bits per heavy atom. The van der Waals surface area contributed by atoms with Gasteiger partial charge in [0, 0.05) is 17.0 Å². The number of thiophene rings is 1. The zero-order chi connectivity index (χ0) is 13.3. The summed E-state index contributed by atoms with van der Waals surface area (Å²) < 4.78 is 0. The topological polar surface area (TPSA) is 84.6 Å². The molecule has 3 N–H and O–H groups in total. The van der Waals surface area contributed by atoms with E-state index in [1.807, 2.05) is 13.8 Å². The molecule has 1 aromatic heterocycles. The Bertz CT molecular complexity index is 546. The summed E-state index contributed by atoms with van der Waals surface area (Å²) in [4.78, 5) is 28.5. The van der Waals surface area contributed by atoms with Gasteiger partial charge in [-0.05, 0) is 18.9 Å². The first-order valence-electron chi connectivity index (χ1n) is 5.82. The van der Waals surface area contributed by atoms with Gasteiger partial charge in [0.1, 0.15) is 5.84 Å². The SMILES string of the molecule is CCCNC(=O)c1sc2c(c1C)C(N)=NC(=O)C2. The molecular formula is C12H15N3O2S. The molecule has 0 spiro atoms. The number of hydrogen-bond acceptors (Lipinski definition) is 4. The second kappa shape index (κ2) is 4.89. The fourth-order valence-electron chi connectivity index (χ4n) is 1.94. The van der Waals surface area contributed by atoms with E-state index in [1.165, 1.54) is 11.3 Å². The van der Waals surface area contributed by atoms with Gasteiger partial charge in [-0.2, -0.15) is 4.99 Å². The molecule has 0 atom stereocenters. The number of nitrogens with zero attached hydrogens (tertiary/aromatic N) is 1. The van der Waals surface area contributed by atoms with Gasteiger partial charge in [-0.1, -0.05) is 6.92 Å². The number of hydrogen-bond donors (Lipinski definition) is 2. The van der Waals surface area contributed by atoms with E-state index in [9.17, 15) is 9.59 Å². The number of aliphatic imine (C=N–C) groups is 1. The molecule has 0 aromatic carbocycles. The lowest BCUT2D eigenvalue weighted by Gasteiger charge is -2.08. The summed E-state index contributed by atoms with van der Waals surface area (Å²) in [6, 6.07) is 0. The van der Waals surface area contributed by atoms with E-state index < -0.39 is 0 Å². The van der Waals surface area contributed by atoms with Gasteiger partial charge < -0.3 is 11.1 Å². The van der Waals surface area contributed by atoms with Crippen molar-refractivity contribution in [3.63, 3.8) is 0 Å². The average molecular weight is 265 g/mol. The maximum atomic E-state index is 12.0.